The van der Waals surface area contributed by atoms with Gasteiger partial charge in [-0.05, 0) is 61.6 Å². The first-order chi connectivity index (χ1) is 16.9. The van der Waals surface area contributed by atoms with Gasteiger partial charge in [0.1, 0.15) is 17.2 Å². The molecule has 0 spiro atoms. The third-order valence-electron chi connectivity index (χ3n) is 6.44. The maximum Gasteiger partial charge on any atom is 0.295 e. The van der Waals surface area contributed by atoms with E-state index in [0.29, 0.717) is 41.1 Å². The maximum absolute atomic E-state index is 15.3. The van der Waals surface area contributed by atoms with Crippen molar-refractivity contribution in [2.45, 2.75) is 32.7 Å². The van der Waals surface area contributed by atoms with Crippen molar-refractivity contribution in [1.82, 2.24) is 19.9 Å². The van der Waals surface area contributed by atoms with Crippen LogP contribution in [0, 0.1) is 24.5 Å². The number of oxazole rings is 1. The number of aryl methyl sites for hydroxylation is 1. The number of halogens is 2. The van der Waals surface area contributed by atoms with Crippen LogP contribution >= 0.6 is 0 Å². The number of nitrogens with one attached hydrogen (secondary N) is 1. The fourth-order valence-electron chi connectivity index (χ4n) is 4.70. The molecule has 0 saturated carbocycles. The number of anilines is 1. The minimum absolute atomic E-state index is 0.0294. The standard InChI is InChI=1S/C26H25F2N5O2/c1-15-11-18(24-29-8-4-9-30-24)23(19(28)12-15)25(34)33-10-3-5-16(2)21(33)14-31-26-32-20-7-6-17(27)13-22(20)35-26/h4,6-9,11-13,16,21H,3,5,10,14H2,1-2H3,(H,31,32). The Morgan fingerprint density at radius 1 is 1.20 bits per heavy atom. The molecule has 1 aliphatic rings. The molecule has 1 N–H and O–H groups in total. The Hall–Kier alpha value is -3.88. The van der Waals surface area contributed by atoms with Gasteiger partial charge < -0.3 is 14.6 Å². The quantitative estimate of drug-likeness (QED) is 0.424. The zero-order chi connectivity index (χ0) is 24.5. The Morgan fingerprint density at radius 2 is 2.00 bits per heavy atom. The van der Waals surface area contributed by atoms with Crippen LogP contribution in [-0.4, -0.2) is 44.9 Å². The lowest BCUT2D eigenvalue weighted by atomic mass is 9.89. The molecule has 7 nitrogen and oxygen atoms in total. The number of likely N-dealkylation sites (tertiary alicyclic amines) is 1. The molecule has 0 radical (unpaired) electrons. The summed E-state index contributed by atoms with van der Waals surface area (Å²) in [5.74, 6) is -0.939. The van der Waals surface area contributed by atoms with Crippen molar-refractivity contribution in [3.8, 4) is 11.4 Å². The number of rotatable bonds is 5. The van der Waals surface area contributed by atoms with Gasteiger partial charge in [0.25, 0.3) is 11.9 Å². The first kappa shape index (κ1) is 22.9. The zero-order valence-electron chi connectivity index (χ0n) is 19.5. The van der Waals surface area contributed by atoms with E-state index in [1.807, 2.05) is 0 Å². The third-order valence-corrected chi connectivity index (χ3v) is 6.44. The molecule has 2 aromatic heterocycles. The van der Waals surface area contributed by atoms with E-state index >= 15 is 4.39 Å². The molecule has 0 aliphatic carbocycles. The van der Waals surface area contributed by atoms with Crippen molar-refractivity contribution in [2.75, 3.05) is 18.4 Å². The number of hydrogen-bond acceptors (Lipinski definition) is 6. The topological polar surface area (TPSA) is 84.2 Å². The third kappa shape index (κ3) is 4.58. The molecule has 35 heavy (non-hydrogen) atoms. The average Bonchev–Trinajstić information content (AvgIpc) is 3.25. The summed E-state index contributed by atoms with van der Waals surface area (Å²) in [6.07, 6.45) is 4.88. The smallest absolute Gasteiger partial charge is 0.295 e. The Labute approximate surface area is 201 Å². The van der Waals surface area contributed by atoms with Crippen LogP contribution < -0.4 is 5.32 Å². The summed E-state index contributed by atoms with van der Waals surface area (Å²) < 4.78 is 34.4. The molecule has 3 heterocycles. The lowest BCUT2D eigenvalue weighted by Crippen LogP contribution is -2.51. The van der Waals surface area contributed by atoms with Gasteiger partial charge >= 0.3 is 0 Å². The van der Waals surface area contributed by atoms with E-state index < -0.39 is 17.5 Å². The lowest BCUT2D eigenvalue weighted by Gasteiger charge is -2.40. The van der Waals surface area contributed by atoms with Crippen LogP contribution in [-0.2, 0) is 0 Å². The van der Waals surface area contributed by atoms with Gasteiger partial charge in [-0.25, -0.2) is 18.7 Å². The fraction of sp³-hybridized carbons (Fsp3) is 0.308. The van der Waals surface area contributed by atoms with E-state index in [0.717, 1.165) is 12.8 Å². The van der Waals surface area contributed by atoms with Crippen molar-refractivity contribution < 1.29 is 18.0 Å². The van der Waals surface area contributed by atoms with E-state index in [2.05, 4.69) is 27.2 Å². The Balaban J connectivity index is 1.44. The fourth-order valence-corrected chi connectivity index (χ4v) is 4.70. The normalized spacial score (nSPS) is 18.1. The molecule has 5 rings (SSSR count). The van der Waals surface area contributed by atoms with Gasteiger partial charge in [0.15, 0.2) is 11.4 Å². The highest BCUT2D eigenvalue weighted by atomic mass is 19.1. The number of amides is 1. The largest absolute Gasteiger partial charge is 0.423 e. The van der Waals surface area contributed by atoms with Gasteiger partial charge in [0.05, 0.1) is 11.6 Å². The highest BCUT2D eigenvalue weighted by Crippen LogP contribution is 2.31. The number of carbonyl (C=O) groups is 1. The highest BCUT2D eigenvalue weighted by Gasteiger charge is 2.35. The first-order valence-corrected chi connectivity index (χ1v) is 11.6. The molecule has 9 heteroatoms. The van der Waals surface area contributed by atoms with Crippen LogP contribution in [0.3, 0.4) is 0 Å². The number of piperidine rings is 1. The zero-order valence-corrected chi connectivity index (χ0v) is 19.5. The number of nitrogens with zero attached hydrogens (tertiary/aromatic N) is 4. The number of carbonyl (C=O) groups excluding carboxylic acids is 1. The molecule has 2 aromatic carbocycles. The van der Waals surface area contributed by atoms with Gasteiger partial charge in [-0.3, -0.25) is 4.79 Å². The van der Waals surface area contributed by atoms with E-state index in [1.165, 1.54) is 18.2 Å². The van der Waals surface area contributed by atoms with Crippen LogP contribution in [0.2, 0.25) is 0 Å². The van der Waals surface area contributed by atoms with Gasteiger partial charge in [-0.1, -0.05) is 6.92 Å². The summed E-state index contributed by atoms with van der Waals surface area (Å²) in [5, 5.41) is 3.15. The first-order valence-electron chi connectivity index (χ1n) is 11.6. The molecular formula is C26H25F2N5O2. The lowest BCUT2D eigenvalue weighted by molar-refractivity contribution is 0.0535. The van der Waals surface area contributed by atoms with Crippen LogP contribution in [0.4, 0.5) is 14.8 Å². The van der Waals surface area contributed by atoms with Crippen LogP contribution in [0.5, 0.6) is 0 Å². The molecule has 2 unspecified atom stereocenters. The van der Waals surface area contributed by atoms with Crippen molar-refractivity contribution in [3.05, 3.63) is 71.6 Å². The Bertz CT molecular complexity index is 1380. The summed E-state index contributed by atoms with van der Waals surface area (Å²) in [6, 6.07) is 8.94. The average molecular weight is 478 g/mol. The van der Waals surface area contributed by atoms with E-state index in [9.17, 15) is 9.18 Å². The predicted octanol–water partition coefficient (Wildman–Crippen LogP) is 5.22. The van der Waals surface area contributed by atoms with Crippen LogP contribution in [0.15, 0.2) is 53.2 Å². The van der Waals surface area contributed by atoms with E-state index in [1.54, 1.807) is 42.4 Å². The van der Waals surface area contributed by atoms with Crippen LogP contribution in [0.1, 0.15) is 35.7 Å². The van der Waals surface area contributed by atoms with E-state index in [4.69, 9.17) is 4.42 Å². The number of aromatic nitrogens is 3. The van der Waals surface area contributed by atoms with E-state index in [-0.39, 0.29) is 23.5 Å². The van der Waals surface area contributed by atoms with Crippen LogP contribution in [0.25, 0.3) is 22.5 Å². The van der Waals surface area contributed by atoms with Crippen molar-refractivity contribution in [1.29, 1.82) is 0 Å². The second-order valence-corrected chi connectivity index (χ2v) is 8.94. The minimum atomic E-state index is -0.594. The molecule has 1 aliphatic heterocycles. The summed E-state index contributed by atoms with van der Waals surface area (Å²) in [4.78, 5) is 28.3. The molecule has 4 aromatic rings. The predicted molar refractivity (Wildman–Crippen MR) is 128 cm³/mol. The second kappa shape index (κ2) is 9.40. The van der Waals surface area contributed by atoms with Crippen molar-refractivity contribution in [3.63, 3.8) is 0 Å². The number of hydrogen-bond donors (Lipinski definition) is 1. The number of benzene rings is 2. The molecule has 0 bridgehead atoms. The van der Waals surface area contributed by atoms with Gasteiger partial charge in [0.2, 0.25) is 0 Å². The number of fused-ring (bicyclic) bond motifs is 1. The molecule has 1 amide bonds. The van der Waals surface area contributed by atoms with Gasteiger partial charge in [-0.15, -0.1) is 0 Å². The Kier molecular flexibility index (Phi) is 6.15. The summed E-state index contributed by atoms with van der Waals surface area (Å²) >= 11 is 0. The van der Waals surface area contributed by atoms with Gasteiger partial charge in [0, 0.05) is 37.1 Å². The summed E-state index contributed by atoms with van der Waals surface area (Å²) in [7, 11) is 0. The highest BCUT2D eigenvalue weighted by molar-refractivity contribution is 6.01. The second-order valence-electron chi connectivity index (χ2n) is 8.94. The molecule has 180 valence electrons. The van der Waals surface area contributed by atoms with Crippen molar-refractivity contribution >= 4 is 23.0 Å². The molecule has 1 fully saturated rings. The maximum atomic E-state index is 15.3. The summed E-state index contributed by atoms with van der Waals surface area (Å²) in [5.41, 5.74) is 1.90. The molecule has 2 atom stereocenters. The minimum Gasteiger partial charge on any atom is -0.423 e. The molecule has 1 saturated heterocycles. The SMILES string of the molecule is Cc1cc(F)c(C(=O)N2CCCC(C)C2CNc2nc3ccc(F)cc3o2)c(-c2ncccn2)c1. The monoisotopic (exact) mass is 477 g/mol. The van der Waals surface area contributed by atoms with Crippen molar-refractivity contribution in [2.24, 2.45) is 5.92 Å². The summed E-state index contributed by atoms with van der Waals surface area (Å²) in [6.45, 7) is 4.69. The van der Waals surface area contributed by atoms with Gasteiger partial charge in [-0.2, -0.15) is 4.98 Å². The molecular weight excluding hydrogens is 452 g/mol. The Morgan fingerprint density at radius 3 is 2.80 bits per heavy atom.